The zero-order valence-corrected chi connectivity index (χ0v) is 19.4. The molecule has 0 bridgehead atoms. The summed E-state index contributed by atoms with van der Waals surface area (Å²) in [6, 6.07) is 15.0. The summed E-state index contributed by atoms with van der Waals surface area (Å²) < 4.78 is 41.0. The summed E-state index contributed by atoms with van der Waals surface area (Å²) in [4.78, 5) is 29.7. The van der Waals surface area contributed by atoms with Gasteiger partial charge in [-0.3, -0.25) is 9.59 Å². The Kier molecular flexibility index (Phi) is 6.30. The number of carbonyl (C=O) groups is 1. The Morgan fingerprint density at radius 3 is 2.35 bits per heavy atom. The summed E-state index contributed by atoms with van der Waals surface area (Å²) in [5.41, 5.74) is 1.74. The number of sulfone groups is 1. The molecule has 2 heterocycles. The lowest BCUT2D eigenvalue weighted by atomic mass is 10.2. The van der Waals surface area contributed by atoms with Crippen LogP contribution < -0.4 is 10.7 Å². The molecule has 34 heavy (non-hydrogen) atoms. The van der Waals surface area contributed by atoms with Crippen LogP contribution >= 0.6 is 0 Å². The van der Waals surface area contributed by atoms with Crippen molar-refractivity contribution in [1.82, 2.24) is 14.9 Å². The van der Waals surface area contributed by atoms with Crippen LogP contribution in [-0.2, 0) is 27.7 Å². The minimum Gasteiger partial charge on any atom is -0.350 e. The number of pyridine rings is 2. The molecule has 0 unspecified atom stereocenters. The predicted molar refractivity (Wildman–Crippen MR) is 126 cm³/mol. The first kappa shape index (κ1) is 23.3. The maximum absolute atomic E-state index is 13.3. The molecule has 4 rings (SSSR count). The smallest absolute Gasteiger partial charge is 0.240 e. The van der Waals surface area contributed by atoms with Gasteiger partial charge < -0.3 is 9.88 Å². The first-order valence-electron chi connectivity index (χ1n) is 10.5. The fourth-order valence-electron chi connectivity index (χ4n) is 3.50. The quantitative estimate of drug-likeness (QED) is 0.458. The van der Waals surface area contributed by atoms with Crippen molar-refractivity contribution < 1.29 is 17.6 Å². The van der Waals surface area contributed by atoms with Gasteiger partial charge in [0.2, 0.25) is 21.2 Å². The Hall–Kier alpha value is -3.85. The molecule has 1 amide bonds. The van der Waals surface area contributed by atoms with E-state index in [1.165, 1.54) is 41.1 Å². The maximum Gasteiger partial charge on any atom is 0.240 e. The molecule has 2 aromatic heterocycles. The second kappa shape index (κ2) is 9.18. The van der Waals surface area contributed by atoms with Crippen LogP contribution in [-0.4, -0.2) is 23.9 Å². The van der Waals surface area contributed by atoms with Gasteiger partial charge in [0.15, 0.2) is 0 Å². The Balaban J connectivity index is 1.73. The first-order valence-corrected chi connectivity index (χ1v) is 12.0. The van der Waals surface area contributed by atoms with Crippen molar-refractivity contribution in [2.45, 2.75) is 36.7 Å². The van der Waals surface area contributed by atoms with E-state index in [0.717, 1.165) is 5.56 Å². The summed E-state index contributed by atoms with van der Waals surface area (Å²) in [7, 11) is -4.13. The van der Waals surface area contributed by atoms with Gasteiger partial charge in [0.25, 0.3) is 0 Å². The molecule has 0 aliphatic carbocycles. The number of nitrogens with zero attached hydrogens (tertiary/aromatic N) is 2. The van der Waals surface area contributed by atoms with E-state index >= 15 is 0 Å². The molecule has 1 N–H and O–H groups in total. The fourth-order valence-corrected chi connectivity index (χ4v) is 4.87. The predicted octanol–water partition coefficient (Wildman–Crippen LogP) is 3.30. The molecule has 174 valence electrons. The summed E-state index contributed by atoms with van der Waals surface area (Å²) >= 11 is 0. The number of hydrogen-bond acceptors (Lipinski definition) is 5. The Bertz CT molecular complexity index is 1540. The SMILES string of the molecule is Cc1ccc(S(=O)(=O)c2cn(CC(=O)NCc3ccc(F)cc3)c3nc(C)ccc3c2=O)cc1. The molecule has 7 nitrogen and oxygen atoms in total. The van der Waals surface area contributed by atoms with Gasteiger partial charge in [-0.05, 0) is 55.8 Å². The molecule has 0 aliphatic rings. The van der Waals surface area contributed by atoms with Crippen LogP contribution in [0.25, 0.3) is 11.0 Å². The zero-order chi connectivity index (χ0) is 24.5. The molecular weight excluding hydrogens is 457 g/mol. The van der Waals surface area contributed by atoms with Gasteiger partial charge >= 0.3 is 0 Å². The largest absolute Gasteiger partial charge is 0.350 e. The number of hydrogen-bond donors (Lipinski definition) is 1. The number of fused-ring (bicyclic) bond motifs is 1. The van der Waals surface area contributed by atoms with Crippen molar-refractivity contribution in [2.24, 2.45) is 0 Å². The molecule has 2 aromatic carbocycles. The monoisotopic (exact) mass is 479 g/mol. The number of nitrogens with one attached hydrogen (secondary N) is 1. The number of aryl methyl sites for hydroxylation is 2. The highest BCUT2D eigenvalue weighted by Gasteiger charge is 2.24. The molecular formula is C25H22FN3O4S. The van der Waals surface area contributed by atoms with Crippen LogP contribution in [0.1, 0.15) is 16.8 Å². The number of carbonyl (C=O) groups excluding carboxylic acids is 1. The normalized spacial score (nSPS) is 11.5. The van der Waals surface area contributed by atoms with Crippen molar-refractivity contribution in [1.29, 1.82) is 0 Å². The average Bonchev–Trinajstić information content (AvgIpc) is 2.80. The third-order valence-electron chi connectivity index (χ3n) is 5.37. The summed E-state index contributed by atoms with van der Waals surface area (Å²) in [6.07, 6.45) is 1.17. The van der Waals surface area contributed by atoms with Gasteiger partial charge in [-0.15, -0.1) is 0 Å². The van der Waals surface area contributed by atoms with Gasteiger partial charge in [-0.25, -0.2) is 17.8 Å². The number of benzene rings is 2. The van der Waals surface area contributed by atoms with Crippen LogP contribution in [0, 0.1) is 19.7 Å². The number of aromatic nitrogens is 2. The summed E-state index contributed by atoms with van der Waals surface area (Å²) in [5.74, 6) is -0.796. The lowest BCUT2D eigenvalue weighted by Gasteiger charge is -2.14. The van der Waals surface area contributed by atoms with E-state index in [-0.39, 0.29) is 34.8 Å². The van der Waals surface area contributed by atoms with Crippen molar-refractivity contribution in [2.75, 3.05) is 0 Å². The molecule has 0 saturated heterocycles. The Morgan fingerprint density at radius 1 is 1.00 bits per heavy atom. The molecule has 0 saturated carbocycles. The van der Waals surface area contributed by atoms with E-state index in [9.17, 15) is 22.4 Å². The van der Waals surface area contributed by atoms with Crippen molar-refractivity contribution in [3.63, 3.8) is 0 Å². The molecule has 0 radical (unpaired) electrons. The molecule has 9 heteroatoms. The minimum atomic E-state index is -4.13. The zero-order valence-electron chi connectivity index (χ0n) is 18.6. The summed E-state index contributed by atoms with van der Waals surface area (Å²) in [5, 5.41) is 2.82. The maximum atomic E-state index is 13.3. The van der Waals surface area contributed by atoms with Gasteiger partial charge in [0.05, 0.1) is 10.3 Å². The standard InChI is InChI=1S/C25H22FN3O4S/c1-16-3-10-20(11-4-16)34(32,33)22-14-29(25-21(24(22)31)12-5-17(2)28-25)15-23(30)27-13-18-6-8-19(26)9-7-18/h3-12,14H,13,15H2,1-2H3,(H,27,30). The van der Waals surface area contributed by atoms with E-state index in [1.54, 1.807) is 37.3 Å². The van der Waals surface area contributed by atoms with Crippen molar-refractivity contribution in [3.8, 4) is 0 Å². The molecule has 0 spiro atoms. The minimum absolute atomic E-state index is 0.0121. The van der Waals surface area contributed by atoms with Crippen molar-refractivity contribution in [3.05, 3.63) is 99.7 Å². The van der Waals surface area contributed by atoms with E-state index < -0.39 is 26.1 Å². The highest BCUT2D eigenvalue weighted by molar-refractivity contribution is 7.91. The van der Waals surface area contributed by atoms with Crippen LogP contribution in [0.5, 0.6) is 0 Å². The van der Waals surface area contributed by atoms with Crippen LogP contribution in [0.3, 0.4) is 0 Å². The third-order valence-corrected chi connectivity index (χ3v) is 7.13. The van der Waals surface area contributed by atoms with E-state index in [0.29, 0.717) is 11.3 Å². The molecule has 0 aliphatic heterocycles. The molecule has 0 atom stereocenters. The van der Waals surface area contributed by atoms with Gasteiger partial charge in [-0.2, -0.15) is 0 Å². The lowest BCUT2D eigenvalue weighted by molar-refractivity contribution is -0.121. The van der Waals surface area contributed by atoms with E-state index in [4.69, 9.17) is 0 Å². The summed E-state index contributed by atoms with van der Waals surface area (Å²) in [6.45, 7) is 3.47. The second-order valence-corrected chi connectivity index (χ2v) is 9.91. The number of amides is 1. The van der Waals surface area contributed by atoms with Crippen molar-refractivity contribution >= 4 is 26.8 Å². The average molecular weight is 480 g/mol. The van der Waals surface area contributed by atoms with Gasteiger partial charge in [-0.1, -0.05) is 29.8 Å². The Morgan fingerprint density at radius 2 is 1.68 bits per heavy atom. The number of rotatable bonds is 6. The topological polar surface area (TPSA) is 98.1 Å². The van der Waals surface area contributed by atoms with E-state index in [2.05, 4.69) is 10.3 Å². The molecule has 0 fully saturated rings. The first-order chi connectivity index (χ1) is 16.1. The van der Waals surface area contributed by atoms with Crippen LogP contribution in [0.15, 0.2) is 81.4 Å². The van der Waals surface area contributed by atoms with Gasteiger partial charge in [0, 0.05) is 18.4 Å². The Labute approximate surface area is 195 Å². The van der Waals surface area contributed by atoms with Crippen LogP contribution in [0.4, 0.5) is 4.39 Å². The molecule has 4 aromatic rings. The van der Waals surface area contributed by atoms with E-state index in [1.807, 2.05) is 6.92 Å². The highest BCUT2D eigenvalue weighted by atomic mass is 32.2. The second-order valence-electron chi connectivity index (χ2n) is 7.99. The third kappa shape index (κ3) is 4.74. The lowest BCUT2D eigenvalue weighted by Crippen LogP contribution is -2.29. The highest BCUT2D eigenvalue weighted by Crippen LogP contribution is 2.21. The van der Waals surface area contributed by atoms with Crippen LogP contribution in [0.2, 0.25) is 0 Å². The number of halogens is 1. The fraction of sp³-hybridized carbons (Fsp3) is 0.160. The van der Waals surface area contributed by atoms with Gasteiger partial charge in [0.1, 0.15) is 22.9 Å².